The summed E-state index contributed by atoms with van der Waals surface area (Å²) in [5.41, 5.74) is 1.88. The normalized spacial score (nSPS) is 13.1. The average molecular weight is 345 g/mol. The third-order valence-electron chi connectivity index (χ3n) is 3.79. The fourth-order valence-corrected chi connectivity index (χ4v) is 3.94. The van der Waals surface area contributed by atoms with E-state index in [4.69, 9.17) is 16.0 Å². The molecule has 1 aromatic carbocycles. The Balaban J connectivity index is 1.54. The van der Waals surface area contributed by atoms with Gasteiger partial charge in [0.25, 0.3) is 5.91 Å². The molecule has 6 heteroatoms. The number of furan rings is 1. The summed E-state index contributed by atoms with van der Waals surface area (Å²) in [7, 11) is 0. The molecule has 116 valence electrons. The van der Waals surface area contributed by atoms with E-state index in [9.17, 15) is 4.79 Å². The zero-order valence-electron chi connectivity index (χ0n) is 12.1. The Morgan fingerprint density at radius 1 is 1.22 bits per heavy atom. The van der Waals surface area contributed by atoms with Crippen LogP contribution in [0.1, 0.15) is 27.5 Å². The Kier molecular flexibility index (Phi) is 3.67. The molecule has 4 nitrogen and oxygen atoms in total. The van der Waals surface area contributed by atoms with E-state index in [0.29, 0.717) is 15.9 Å². The fourth-order valence-electron chi connectivity index (χ4n) is 2.67. The number of aryl methyl sites for hydroxylation is 2. The van der Waals surface area contributed by atoms with Gasteiger partial charge in [0.2, 0.25) is 0 Å². The predicted octanol–water partition coefficient (Wildman–Crippen LogP) is 4.80. The number of hydrogen-bond donors (Lipinski definition) is 1. The number of aromatic nitrogens is 1. The Hall–Kier alpha value is -2.11. The van der Waals surface area contributed by atoms with Crippen molar-refractivity contribution in [1.29, 1.82) is 0 Å². The van der Waals surface area contributed by atoms with E-state index >= 15 is 0 Å². The number of carbonyl (C=O) groups excluding carboxylic acids is 1. The molecule has 3 aromatic rings. The van der Waals surface area contributed by atoms with Gasteiger partial charge in [-0.15, -0.1) is 11.3 Å². The molecule has 0 atom stereocenters. The summed E-state index contributed by atoms with van der Waals surface area (Å²) in [4.78, 5) is 18.0. The molecule has 0 unspecified atom stereocenters. The SMILES string of the molecule is O=C(Nc1nc2c(s1)CCC2)c1ccc(-c2ccccc2Cl)o1. The van der Waals surface area contributed by atoms with Gasteiger partial charge < -0.3 is 4.42 Å². The van der Waals surface area contributed by atoms with Gasteiger partial charge in [0, 0.05) is 10.4 Å². The van der Waals surface area contributed by atoms with Crippen LogP contribution in [-0.4, -0.2) is 10.9 Å². The van der Waals surface area contributed by atoms with E-state index < -0.39 is 0 Å². The molecule has 1 amide bonds. The predicted molar refractivity (Wildman–Crippen MR) is 91.2 cm³/mol. The largest absolute Gasteiger partial charge is 0.451 e. The molecule has 0 bridgehead atoms. The van der Waals surface area contributed by atoms with Crippen LogP contribution in [0.5, 0.6) is 0 Å². The number of fused-ring (bicyclic) bond motifs is 1. The Morgan fingerprint density at radius 3 is 2.91 bits per heavy atom. The van der Waals surface area contributed by atoms with E-state index in [1.54, 1.807) is 29.5 Å². The van der Waals surface area contributed by atoms with Crippen molar-refractivity contribution in [2.24, 2.45) is 0 Å². The second-order valence-electron chi connectivity index (χ2n) is 5.34. The van der Waals surface area contributed by atoms with Crippen LogP contribution in [0, 0.1) is 0 Å². The molecule has 0 fully saturated rings. The van der Waals surface area contributed by atoms with Crippen molar-refractivity contribution in [3.05, 3.63) is 57.8 Å². The van der Waals surface area contributed by atoms with Crippen LogP contribution in [-0.2, 0) is 12.8 Å². The molecule has 0 saturated carbocycles. The third-order valence-corrected chi connectivity index (χ3v) is 5.19. The zero-order valence-corrected chi connectivity index (χ0v) is 13.7. The summed E-state index contributed by atoms with van der Waals surface area (Å²) < 4.78 is 5.64. The molecule has 1 N–H and O–H groups in total. The molecule has 2 aromatic heterocycles. The van der Waals surface area contributed by atoms with Crippen molar-refractivity contribution in [2.45, 2.75) is 19.3 Å². The molecule has 1 aliphatic rings. The summed E-state index contributed by atoms with van der Waals surface area (Å²) in [5.74, 6) is 0.522. The highest BCUT2D eigenvalue weighted by Crippen LogP contribution is 2.32. The highest BCUT2D eigenvalue weighted by molar-refractivity contribution is 7.15. The lowest BCUT2D eigenvalue weighted by Gasteiger charge is -2.00. The van der Waals surface area contributed by atoms with Crippen LogP contribution >= 0.6 is 22.9 Å². The Bertz CT molecular complexity index is 863. The standard InChI is InChI=1S/C17H13ClN2O2S/c18-11-5-2-1-4-10(11)13-8-9-14(22-13)16(21)20-17-19-12-6-3-7-15(12)23-17/h1-2,4-5,8-9H,3,6-7H2,(H,19,20,21). The van der Waals surface area contributed by atoms with Gasteiger partial charge in [0.05, 0.1) is 10.7 Å². The number of nitrogens with one attached hydrogen (secondary N) is 1. The maximum atomic E-state index is 12.3. The minimum atomic E-state index is -0.296. The number of hydrogen-bond acceptors (Lipinski definition) is 4. The van der Waals surface area contributed by atoms with Gasteiger partial charge in [-0.3, -0.25) is 10.1 Å². The minimum Gasteiger partial charge on any atom is -0.451 e. The molecule has 0 spiro atoms. The number of thiazole rings is 1. The fraction of sp³-hybridized carbons (Fsp3) is 0.176. The molecule has 2 heterocycles. The van der Waals surface area contributed by atoms with Crippen molar-refractivity contribution in [2.75, 3.05) is 5.32 Å². The van der Waals surface area contributed by atoms with E-state index in [1.807, 2.05) is 18.2 Å². The van der Waals surface area contributed by atoms with Crippen molar-refractivity contribution in [3.63, 3.8) is 0 Å². The second kappa shape index (κ2) is 5.83. The van der Waals surface area contributed by atoms with Crippen LogP contribution in [0.3, 0.4) is 0 Å². The Labute approximate surface area is 142 Å². The number of carbonyl (C=O) groups is 1. The van der Waals surface area contributed by atoms with Gasteiger partial charge in [-0.05, 0) is 43.5 Å². The smallest absolute Gasteiger partial charge is 0.293 e. The molecule has 23 heavy (non-hydrogen) atoms. The number of amides is 1. The van der Waals surface area contributed by atoms with Gasteiger partial charge in [0.15, 0.2) is 10.9 Å². The van der Waals surface area contributed by atoms with Gasteiger partial charge in [-0.25, -0.2) is 4.98 Å². The quantitative estimate of drug-likeness (QED) is 0.742. The molecule has 0 aliphatic heterocycles. The number of benzene rings is 1. The van der Waals surface area contributed by atoms with Crippen LogP contribution < -0.4 is 5.32 Å². The van der Waals surface area contributed by atoms with Crippen LogP contribution in [0.25, 0.3) is 11.3 Å². The second-order valence-corrected chi connectivity index (χ2v) is 6.83. The first-order valence-corrected chi connectivity index (χ1v) is 8.55. The van der Waals surface area contributed by atoms with Crippen molar-refractivity contribution < 1.29 is 9.21 Å². The summed E-state index contributed by atoms with van der Waals surface area (Å²) in [6.45, 7) is 0. The van der Waals surface area contributed by atoms with Crippen LogP contribution in [0.4, 0.5) is 5.13 Å². The van der Waals surface area contributed by atoms with E-state index in [1.165, 1.54) is 4.88 Å². The van der Waals surface area contributed by atoms with E-state index in [2.05, 4.69) is 10.3 Å². The first kappa shape index (κ1) is 14.5. The number of rotatable bonds is 3. The highest BCUT2D eigenvalue weighted by Gasteiger charge is 2.19. The van der Waals surface area contributed by atoms with Crippen molar-refractivity contribution >= 4 is 34.0 Å². The van der Waals surface area contributed by atoms with E-state index in [0.717, 1.165) is 30.5 Å². The summed E-state index contributed by atoms with van der Waals surface area (Å²) in [5, 5.41) is 4.03. The first-order chi connectivity index (χ1) is 11.2. The molecule has 4 rings (SSSR count). The average Bonchev–Trinajstić information content (AvgIpc) is 3.22. The first-order valence-electron chi connectivity index (χ1n) is 7.35. The van der Waals surface area contributed by atoms with Gasteiger partial charge in [0.1, 0.15) is 5.76 Å². The summed E-state index contributed by atoms with van der Waals surface area (Å²) in [6, 6.07) is 10.8. The Morgan fingerprint density at radius 2 is 2.09 bits per heavy atom. The monoisotopic (exact) mass is 344 g/mol. The van der Waals surface area contributed by atoms with Crippen molar-refractivity contribution in [1.82, 2.24) is 4.98 Å². The highest BCUT2D eigenvalue weighted by atomic mass is 35.5. The summed E-state index contributed by atoms with van der Waals surface area (Å²) >= 11 is 7.70. The minimum absolute atomic E-state index is 0.246. The van der Waals surface area contributed by atoms with Gasteiger partial charge >= 0.3 is 0 Å². The molecular weight excluding hydrogens is 332 g/mol. The molecular formula is C17H13ClN2O2S. The topological polar surface area (TPSA) is 55.1 Å². The molecule has 0 saturated heterocycles. The third kappa shape index (κ3) is 2.78. The van der Waals surface area contributed by atoms with Crippen LogP contribution in [0.2, 0.25) is 5.02 Å². The van der Waals surface area contributed by atoms with Crippen molar-refractivity contribution in [3.8, 4) is 11.3 Å². The lowest BCUT2D eigenvalue weighted by atomic mass is 10.2. The summed E-state index contributed by atoms with van der Waals surface area (Å²) in [6.07, 6.45) is 3.21. The van der Waals surface area contributed by atoms with Crippen LogP contribution in [0.15, 0.2) is 40.8 Å². The number of anilines is 1. The zero-order chi connectivity index (χ0) is 15.8. The number of nitrogens with zero attached hydrogens (tertiary/aromatic N) is 1. The van der Waals surface area contributed by atoms with Gasteiger partial charge in [-0.2, -0.15) is 0 Å². The molecule has 1 aliphatic carbocycles. The lowest BCUT2D eigenvalue weighted by molar-refractivity contribution is 0.0997. The molecule has 0 radical (unpaired) electrons. The maximum Gasteiger partial charge on any atom is 0.293 e. The number of halogens is 1. The maximum absolute atomic E-state index is 12.3. The van der Waals surface area contributed by atoms with E-state index in [-0.39, 0.29) is 11.7 Å². The lowest BCUT2D eigenvalue weighted by Crippen LogP contribution is -2.10. The van der Waals surface area contributed by atoms with Gasteiger partial charge in [-0.1, -0.05) is 23.7 Å².